The van der Waals surface area contributed by atoms with Crippen LogP contribution in [0.2, 0.25) is 0 Å². The van der Waals surface area contributed by atoms with Crippen LogP contribution in [0.5, 0.6) is 5.75 Å². The number of amides is 1. The fourth-order valence-corrected chi connectivity index (χ4v) is 6.54. The fraction of sp³-hybridized carbons (Fsp3) is 0.536. The topological polar surface area (TPSA) is 55.8 Å². The second-order valence-electron chi connectivity index (χ2n) is 11.3. The van der Waals surface area contributed by atoms with Gasteiger partial charge in [-0.1, -0.05) is 13.8 Å². The number of carbonyl (C=O) groups excluding carboxylic acids is 1. The van der Waals surface area contributed by atoms with Gasteiger partial charge in [0, 0.05) is 24.2 Å². The minimum atomic E-state index is -1.19. The third-order valence-electron chi connectivity index (χ3n) is 7.93. The van der Waals surface area contributed by atoms with Gasteiger partial charge < -0.3 is 24.4 Å². The maximum atomic E-state index is 15.6. The Morgan fingerprint density at radius 1 is 1.14 bits per heavy atom. The lowest BCUT2D eigenvalue weighted by Crippen LogP contribution is -2.62. The van der Waals surface area contributed by atoms with Crippen molar-refractivity contribution in [3.05, 3.63) is 53.1 Å². The summed E-state index contributed by atoms with van der Waals surface area (Å²) < 4.78 is 35.6. The van der Waals surface area contributed by atoms with Gasteiger partial charge in [0.1, 0.15) is 23.5 Å². The predicted octanol–water partition coefficient (Wildman–Crippen LogP) is 4.78. The lowest BCUT2D eigenvalue weighted by Gasteiger charge is -2.53. The average Bonchev–Trinajstić information content (AvgIpc) is 3.02. The number of nitrogens with zero attached hydrogens (tertiary/aromatic N) is 2. The van der Waals surface area contributed by atoms with E-state index in [4.69, 9.17) is 4.74 Å². The van der Waals surface area contributed by atoms with Crippen LogP contribution in [0, 0.1) is 23.0 Å². The SMILES string of the molecule is CC(C)Oc1cc(F)cc(-c2cc3c(cc2F)[C@H](N(C(=O)[O-])[C@@H]2CN4CCC2CC4)C(C)(C)C3)c1. The summed E-state index contributed by atoms with van der Waals surface area (Å²) in [5, 5.41) is 12.5. The number of hydrogen-bond donors (Lipinski definition) is 0. The summed E-state index contributed by atoms with van der Waals surface area (Å²) in [5.74, 6) is -0.353. The maximum absolute atomic E-state index is 15.6. The van der Waals surface area contributed by atoms with E-state index in [-0.39, 0.29) is 17.7 Å². The highest BCUT2D eigenvalue weighted by Crippen LogP contribution is 2.52. The molecule has 2 aromatic rings. The molecule has 1 aliphatic carbocycles. The predicted molar refractivity (Wildman–Crippen MR) is 128 cm³/mol. The van der Waals surface area contributed by atoms with Crippen molar-refractivity contribution in [3.63, 3.8) is 0 Å². The Balaban J connectivity index is 1.55. The highest BCUT2D eigenvalue weighted by atomic mass is 19.1. The van der Waals surface area contributed by atoms with Crippen LogP contribution < -0.4 is 9.84 Å². The Morgan fingerprint density at radius 3 is 2.46 bits per heavy atom. The van der Waals surface area contributed by atoms with Crippen molar-refractivity contribution in [3.8, 4) is 16.9 Å². The number of fused-ring (bicyclic) bond motifs is 4. The van der Waals surface area contributed by atoms with Gasteiger partial charge in [-0.05, 0) is 98.5 Å². The lowest BCUT2D eigenvalue weighted by molar-refractivity contribution is -0.276. The minimum absolute atomic E-state index is 0.141. The van der Waals surface area contributed by atoms with Crippen molar-refractivity contribution >= 4 is 6.09 Å². The molecule has 188 valence electrons. The largest absolute Gasteiger partial charge is 0.530 e. The van der Waals surface area contributed by atoms with Crippen molar-refractivity contribution in [2.24, 2.45) is 11.3 Å². The first-order chi connectivity index (χ1) is 16.5. The highest BCUT2D eigenvalue weighted by Gasteiger charge is 2.48. The highest BCUT2D eigenvalue weighted by molar-refractivity contribution is 5.70. The number of rotatable bonds is 5. The molecule has 3 fully saturated rings. The number of benzene rings is 2. The Labute approximate surface area is 205 Å². The fourth-order valence-electron chi connectivity index (χ4n) is 6.54. The molecule has 6 rings (SSSR count). The molecule has 3 heterocycles. The molecule has 0 saturated carbocycles. The van der Waals surface area contributed by atoms with Crippen molar-refractivity contribution in [2.75, 3.05) is 19.6 Å². The lowest BCUT2D eigenvalue weighted by atomic mass is 9.79. The zero-order chi connectivity index (χ0) is 25.1. The molecule has 3 aliphatic heterocycles. The second kappa shape index (κ2) is 8.77. The van der Waals surface area contributed by atoms with Crippen molar-refractivity contribution < 1.29 is 23.4 Å². The molecule has 3 saturated heterocycles. The average molecular weight is 484 g/mol. The molecule has 0 radical (unpaired) electrons. The van der Waals surface area contributed by atoms with E-state index >= 15 is 4.39 Å². The van der Waals surface area contributed by atoms with E-state index in [2.05, 4.69) is 4.90 Å². The summed E-state index contributed by atoms with van der Waals surface area (Å²) >= 11 is 0. The van der Waals surface area contributed by atoms with Crippen LogP contribution >= 0.6 is 0 Å². The quantitative estimate of drug-likeness (QED) is 0.614. The zero-order valence-electron chi connectivity index (χ0n) is 20.8. The maximum Gasteiger partial charge on any atom is 0.137 e. The normalized spacial score (nSPS) is 26.6. The van der Waals surface area contributed by atoms with E-state index < -0.39 is 29.2 Å². The summed E-state index contributed by atoms with van der Waals surface area (Å²) in [6.07, 6.45) is 1.21. The van der Waals surface area contributed by atoms with Crippen LogP contribution in [0.4, 0.5) is 13.6 Å². The number of hydrogen-bond acceptors (Lipinski definition) is 4. The molecule has 35 heavy (non-hydrogen) atoms. The third kappa shape index (κ3) is 4.39. The molecule has 2 aromatic carbocycles. The van der Waals surface area contributed by atoms with E-state index in [1.807, 2.05) is 27.7 Å². The molecular weight excluding hydrogens is 450 g/mol. The monoisotopic (exact) mass is 483 g/mol. The molecule has 5 nitrogen and oxygen atoms in total. The minimum Gasteiger partial charge on any atom is -0.530 e. The van der Waals surface area contributed by atoms with E-state index in [1.54, 1.807) is 12.1 Å². The summed E-state index contributed by atoms with van der Waals surface area (Å²) in [6.45, 7) is 10.5. The molecule has 0 spiro atoms. The summed E-state index contributed by atoms with van der Waals surface area (Å²) in [5.41, 5.74) is 1.83. The van der Waals surface area contributed by atoms with Crippen LogP contribution in [0.1, 0.15) is 57.7 Å². The van der Waals surface area contributed by atoms with Crippen LogP contribution in [-0.2, 0) is 6.42 Å². The van der Waals surface area contributed by atoms with Gasteiger partial charge in [0.2, 0.25) is 0 Å². The van der Waals surface area contributed by atoms with Crippen molar-refractivity contribution in [1.29, 1.82) is 0 Å². The third-order valence-corrected chi connectivity index (χ3v) is 7.93. The van der Waals surface area contributed by atoms with Gasteiger partial charge in [-0.3, -0.25) is 0 Å². The Hall–Kier alpha value is -2.67. The number of carboxylic acid groups (broad SMARTS) is 1. The molecule has 7 heteroatoms. The van der Waals surface area contributed by atoms with Gasteiger partial charge in [-0.25, -0.2) is 8.78 Å². The number of piperidine rings is 3. The Bertz CT molecular complexity index is 1140. The van der Waals surface area contributed by atoms with Crippen molar-refractivity contribution in [1.82, 2.24) is 9.80 Å². The van der Waals surface area contributed by atoms with Gasteiger partial charge in [0.25, 0.3) is 0 Å². The molecule has 2 atom stereocenters. The van der Waals surface area contributed by atoms with Gasteiger partial charge in [-0.15, -0.1) is 0 Å². The molecular formula is C28H33F2N2O3-. The number of halogens is 2. The van der Waals surface area contributed by atoms with Crippen LogP contribution in [0.3, 0.4) is 0 Å². The van der Waals surface area contributed by atoms with Crippen LogP contribution in [-0.4, -0.2) is 47.7 Å². The zero-order valence-corrected chi connectivity index (χ0v) is 20.8. The summed E-state index contributed by atoms with van der Waals surface area (Å²) in [7, 11) is 0. The smallest absolute Gasteiger partial charge is 0.137 e. The second-order valence-corrected chi connectivity index (χ2v) is 11.3. The summed E-state index contributed by atoms with van der Waals surface area (Å²) in [4.78, 5) is 16.4. The summed E-state index contributed by atoms with van der Waals surface area (Å²) in [6, 6.07) is 6.80. The van der Waals surface area contributed by atoms with E-state index in [1.165, 1.54) is 23.1 Å². The Kier molecular flexibility index (Phi) is 6.02. The molecule has 4 aliphatic rings. The van der Waals surface area contributed by atoms with E-state index in [0.29, 0.717) is 35.8 Å². The number of ether oxygens (including phenoxy) is 1. The molecule has 0 aromatic heterocycles. The molecule has 0 unspecified atom stereocenters. The van der Waals surface area contributed by atoms with E-state index in [9.17, 15) is 14.3 Å². The first-order valence-electron chi connectivity index (χ1n) is 12.5. The number of carbonyl (C=O) groups is 1. The van der Waals surface area contributed by atoms with Crippen LogP contribution in [0.15, 0.2) is 30.3 Å². The van der Waals surface area contributed by atoms with Crippen molar-refractivity contribution in [2.45, 2.75) is 65.1 Å². The van der Waals surface area contributed by atoms with Gasteiger partial charge in [-0.2, -0.15) is 0 Å². The van der Waals surface area contributed by atoms with Gasteiger partial charge in [0.15, 0.2) is 0 Å². The first-order valence-corrected chi connectivity index (χ1v) is 12.5. The van der Waals surface area contributed by atoms with E-state index in [0.717, 1.165) is 31.5 Å². The molecule has 0 N–H and O–H groups in total. The first kappa shape index (κ1) is 24.0. The molecule has 2 bridgehead atoms. The van der Waals surface area contributed by atoms with Gasteiger partial charge in [0.05, 0.1) is 12.1 Å². The van der Waals surface area contributed by atoms with Crippen LogP contribution in [0.25, 0.3) is 11.1 Å². The standard InChI is InChI=1S/C28H34F2N2O3/c1-16(2)35-21-10-18(9-20(29)12-21)22-11-19-14-28(3,4)26(23(19)13-24(22)30)32(27(33)34)25-15-31-7-5-17(25)6-8-31/h9-13,16-17,25-26H,5-8,14-15H2,1-4H3,(H,33,34)/p-1/t25-,26+/m1/s1. The Morgan fingerprint density at radius 2 is 1.86 bits per heavy atom. The molecule has 1 amide bonds. The van der Waals surface area contributed by atoms with Gasteiger partial charge >= 0.3 is 0 Å².